The average Bonchev–Trinajstić information content (AvgIpc) is 2.46. The van der Waals surface area contributed by atoms with E-state index in [1.165, 1.54) is 6.07 Å². The zero-order valence-electron chi connectivity index (χ0n) is 13.6. The number of carbonyl (C=O) groups is 1. The molecular weight excluding hydrogens is 282 g/mol. The van der Waals surface area contributed by atoms with Crippen molar-refractivity contribution >= 4 is 5.91 Å². The minimum atomic E-state index is -0.153. The lowest BCUT2D eigenvalue weighted by atomic mass is 10.2. The number of nitrogens with zero attached hydrogens (tertiary/aromatic N) is 3. The Bertz CT molecular complexity index is 563. The van der Waals surface area contributed by atoms with Crippen LogP contribution in [0.1, 0.15) is 18.4 Å². The SMILES string of the molecule is Cc1cc(=O)[nH]c(CCNC(=O)C(C)N2CCN(C)CC2)n1. The van der Waals surface area contributed by atoms with Crippen LogP contribution in [0.4, 0.5) is 0 Å². The van der Waals surface area contributed by atoms with Gasteiger partial charge in [-0.1, -0.05) is 0 Å². The molecule has 2 rings (SSSR count). The van der Waals surface area contributed by atoms with E-state index in [4.69, 9.17) is 0 Å². The maximum absolute atomic E-state index is 12.2. The number of H-pyrrole nitrogens is 1. The van der Waals surface area contributed by atoms with Gasteiger partial charge in [-0.3, -0.25) is 14.5 Å². The molecule has 2 heterocycles. The smallest absolute Gasteiger partial charge is 0.251 e. The van der Waals surface area contributed by atoms with Crippen LogP contribution in [-0.2, 0) is 11.2 Å². The van der Waals surface area contributed by atoms with Crippen molar-refractivity contribution in [2.24, 2.45) is 0 Å². The fourth-order valence-corrected chi connectivity index (χ4v) is 2.59. The molecule has 0 radical (unpaired) electrons. The first-order valence-corrected chi connectivity index (χ1v) is 7.73. The Balaban J connectivity index is 1.78. The van der Waals surface area contributed by atoms with Gasteiger partial charge < -0.3 is 15.2 Å². The minimum Gasteiger partial charge on any atom is -0.354 e. The number of amides is 1. The molecule has 1 fully saturated rings. The first-order chi connectivity index (χ1) is 10.5. The average molecular weight is 307 g/mol. The molecule has 0 spiro atoms. The second-order valence-corrected chi connectivity index (χ2v) is 5.89. The number of hydrogen-bond donors (Lipinski definition) is 2. The molecule has 1 aliphatic rings. The van der Waals surface area contributed by atoms with Crippen molar-refractivity contribution in [2.45, 2.75) is 26.3 Å². The van der Waals surface area contributed by atoms with Gasteiger partial charge in [-0.25, -0.2) is 4.98 Å². The predicted octanol–water partition coefficient (Wildman–Crippen LogP) is -0.627. The summed E-state index contributed by atoms with van der Waals surface area (Å²) in [6.07, 6.45) is 0.526. The van der Waals surface area contributed by atoms with Gasteiger partial charge in [0.15, 0.2) is 0 Å². The third-order valence-corrected chi connectivity index (χ3v) is 4.04. The second-order valence-electron chi connectivity index (χ2n) is 5.89. The van der Waals surface area contributed by atoms with Crippen molar-refractivity contribution in [1.29, 1.82) is 0 Å². The summed E-state index contributed by atoms with van der Waals surface area (Å²) in [4.78, 5) is 34.9. The maximum Gasteiger partial charge on any atom is 0.251 e. The molecule has 1 atom stereocenters. The minimum absolute atomic E-state index is 0.0274. The largest absolute Gasteiger partial charge is 0.354 e. The van der Waals surface area contributed by atoms with Crippen molar-refractivity contribution in [3.05, 3.63) is 27.9 Å². The van der Waals surface area contributed by atoms with E-state index in [1.54, 1.807) is 6.92 Å². The highest BCUT2D eigenvalue weighted by molar-refractivity contribution is 5.81. The molecule has 22 heavy (non-hydrogen) atoms. The Labute approximate surface area is 130 Å². The topological polar surface area (TPSA) is 81.3 Å². The zero-order valence-corrected chi connectivity index (χ0v) is 13.6. The first-order valence-electron chi connectivity index (χ1n) is 7.73. The van der Waals surface area contributed by atoms with Crippen molar-refractivity contribution in [3.8, 4) is 0 Å². The fourth-order valence-electron chi connectivity index (χ4n) is 2.59. The van der Waals surface area contributed by atoms with E-state index in [1.807, 2.05) is 6.92 Å². The summed E-state index contributed by atoms with van der Waals surface area (Å²) in [6.45, 7) is 8.01. The Morgan fingerprint density at radius 1 is 1.41 bits per heavy atom. The fraction of sp³-hybridized carbons (Fsp3) is 0.667. The molecular formula is C15H25N5O2. The van der Waals surface area contributed by atoms with E-state index >= 15 is 0 Å². The van der Waals surface area contributed by atoms with Crippen LogP contribution >= 0.6 is 0 Å². The molecule has 2 N–H and O–H groups in total. The molecule has 0 saturated carbocycles. The number of nitrogens with one attached hydrogen (secondary N) is 2. The molecule has 1 aromatic heterocycles. The van der Waals surface area contributed by atoms with Crippen molar-refractivity contribution in [2.75, 3.05) is 39.8 Å². The van der Waals surface area contributed by atoms with Gasteiger partial charge in [0.2, 0.25) is 5.91 Å². The summed E-state index contributed by atoms with van der Waals surface area (Å²) in [6, 6.07) is 1.33. The van der Waals surface area contributed by atoms with Crippen LogP contribution < -0.4 is 10.9 Å². The third kappa shape index (κ3) is 4.64. The summed E-state index contributed by atoms with van der Waals surface area (Å²) < 4.78 is 0. The van der Waals surface area contributed by atoms with E-state index in [-0.39, 0.29) is 17.5 Å². The Morgan fingerprint density at radius 2 is 2.09 bits per heavy atom. The van der Waals surface area contributed by atoms with E-state index < -0.39 is 0 Å². The lowest BCUT2D eigenvalue weighted by molar-refractivity contribution is -0.126. The number of rotatable bonds is 5. The van der Waals surface area contributed by atoms with Crippen LogP contribution in [0.3, 0.4) is 0 Å². The Hall–Kier alpha value is -1.73. The molecule has 1 aromatic rings. The normalized spacial score (nSPS) is 18.1. The van der Waals surface area contributed by atoms with Gasteiger partial charge >= 0.3 is 0 Å². The van der Waals surface area contributed by atoms with Crippen LogP contribution in [0.5, 0.6) is 0 Å². The summed E-state index contributed by atoms with van der Waals surface area (Å²) in [7, 11) is 2.09. The van der Waals surface area contributed by atoms with Gasteiger partial charge in [0.05, 0.1) is 6.04 Å². The zero-order chi connectivity index (χ0) is 16.1. The van der Waals surface area contributed by atoms with Crippen LogP contribution in [0, 0.1) is 6.92 Å². The van der Waals surface area contributed by atoms with Gasteiger partial charge in [0.25, 0.3) is 5.56 Å². The highest BCUT2D eigenvalue weighted by atomic mass is 16.2. The predicted molar refractivity (Wildman–Crippen MR) is 84.8 cm³/mol. The number of aryl methyl sites for hydroxylation is 1. The molecule has 122 valence electrons. The number of likely N-dealkylation sites (N-methyl/N-ethyl adjacent to an activating group) is 1. The van der Waals surface area contributed by atoms with Crippen LogP contribution in [-0.4, -0.2) is 71.5 Å². The van der Waals surface area contributed by atoms with Crippen LogP contribution in [0.15, 0.2) is 10.9 Å². The van der Waals surface area contributed by atoms with Gasteiger partial charge in [-0.15, -0.1) is 0 Å². The summed E-state index contributed by atoms with van der Waals surface area (Å²) in [5.41, 5.74) is 0.538. The van der Waals surface area contributed by atoms with E-state index in [0.717, 1.165) is 26.2 Å². The van der Waals surface area contributed by atoms with Gasteiger partial charge in [-0.2, -0.15) is 0 Å². The van der Waals surface area contributed by atoms with Crippen molar-refractivity contribution in [3.63, 3.8) is 0 Å². The number of piperazine rings is 1. The van der Waals surface area contributed by atoms with Crippen molar-refractivity contribution in [1.82, 2.24) is 25.1 Å². The molecule has 1 unspecified atom stereocenters. The highest BCUT2D eigenvalue weighted by Crippen LogP contribution is 2.04. The van der Waals surface area contributed by atoms with Crippen LogP contribution in [0.25, 0.3) is 0 Å². The molecule has 1 aliphatic heterocycles. The van der Waals surface area contributed by atoms with Gasteiger partial charge in [-0.05, 0) is 20.9 Å². The van der Waals surface area contributed by atoms with Gasteiger partial charge in [0, 0.05) is 50.9 Å². The molecule has 0 aromatic carbocycles. The highest BCUT2D eigenvalue weighted by Gasteiger charge is 2.23. The maximum atomic E-state index is 12.2. The van der Waals surface area contributed by atoms with E-state index in [9.17, 15) is 9.59 Å². The molecule has 0 bridgehead atoms. The molecule has 7 nitrogen and oxygen atoms in total. The second kappa shape index (κ2) is 7.51. The summed E-state index contributed by atoms with van der Waals surface area (Å²) in [5.74, 6) is 0.636. The molecule has 1 amide bonds. The van der Waals surface area contributed by atoms with Crippen LogP contribution in [0.2, 0.25) is 0 Å². The summed E-state index contributed by atoms with van der Waals surface area (Å²) >= 11 is 0. The Morgan fingerprint density at radius 3 is 2.73 bits per heavy atom. The molecule has 0 aliphatic carbocycles. The molecule has 7 heteroatoms. The molecule has 1 saturated heterocycles. The third-order valence-electron chi connectivity index (χ3n) is 4.04. The van der Waals surface area contributed by atoms with Crippen molar-refractivity contribution < 1.29 is 4.79 Å². The Kier molecular flexibility index (Phi) is 5.68. The van der Waals surface area contributed by atoms with Gasteiger partial charge in [0.1, 0.15) is 5.82 Å². The van der Waals surface area contributed by atoms with E-state index in [2.05, 4.69) is 32.1 Å². The summed E-state index contributed by atoms with van der Waals surface area (Å²) in [5, 5.41) is 2.92. The van der Waals surface area contributed by atoms with E-state index in [0.29, 0.717) is 24.5 Å². The number of carbonyl (C=O) groups excluding carboxylic acids is 1. The monoisotopic (exact) mass is 307 g/mol. The first kappa shape index (κ1) is 16.6. The lowest BCUT2D eigenvalue weighted by Gasteiger charge is -2.35. The number of aromatic amines is 1. The number of hydrogen-bond acceptors (Lipinski definition) is 5. The standard InChI is InChI=1S/C15H25N5O2/c1-11-10-14(21)18-13(17-11)4-5-16-15(22)12(2)20-8-6-19(3)7-9-20/h10,12H,4-9H2,1-3H3,(H,16,22)(H,17,18,21). The quantitative estimate of drug-likeness (QED) is 0.757. The lowest BCUT2D eigenvalue weighted by Crippen LogP contribution is -2.53. The number of aromatic nitrogens is 2.